The second kappa shape index (κ2) is 9.45. The molecule has 4 aliphatic rings. The van der Waals surface area contributed by atoms with E-state index in [4.69, 9.17) is 4.74 Å². The quantitative estimate of drug-likeness (QED) is 0.579. The van der Waals surface area contributed by atoms with E-state index in [1.54, 1.807) is 21.6 Å². The van der Waals surface area contributed by atoms with Gasteiger partial charge in [-0.3, -0.25) is 14.4 Å². The summed E-state index contributed by atoms with van der Waals surface area (Å²) >= 11 is 1.55. The minimum atomic E-state index is -0.912. The number of hydrogen-bond acceptors (Lipinski definition) is 6. The van der Waals surface area contributed by atoms with Crippen molar-refractivity contribution < 1.29 is 24.2 Å². The van der Waals surface area contributed by atoms with Crippen LogP contribution >= 0.6 is 11.8 Å². The summed E-state index contributed by atoms with van der Waals surface area (Å²) in [6.45, 7) is 11.1. The van der Waals surface area contributed by atoms with Crippen LogP contribution in [0.25, 0.3) is 0 Å². The predicted octanol–water partition coefficient (Wildman–Crippen LogP) is 2.86. The molecule has 0 aromatic heterocycles. The number of β-amino-alcohol motifs (C(OH)–C–C–N with tert-alkyl or cyclic N) is 1. The molecule has 0 aliphatic carbocycles. The molecule has 8 nitrogen and oxygen atoms in total. The first-order valence-electron chi connectivity index (χ1n) is 13.3. The molecule has 1 aromatic carbocycles. The first kappa shape index (κ1) is 26.8. The number of amides is 3. The van der Waals surface area contributed by atoms with E-state index >= 15 is 0 Å². The molecule has 1 aromatic rings. The fourth-order valence-corrected chi connectivity index (χ4v) is 8.75. The number of carbonyl (C=O) groups is 3. The van der Waals surface area contributed by atoms with E-state index in [0.717, 1.165) is 11.4 Å². The number of ether oxygens (including phenoxy) is 1. The molecule has 2 saturated heterocycles. The van der Waals surface area contributed by atoms with Gasteiger partial charge in [0, 0.05) is 35.6 Å². The van der Waals surface area contributed by atoms with Crippen molar-refractivity contribution in [3.05, 3.63) is 48.6 Å². The first-order valence-corrected chi connectivity index (χ1v) is 14.1. The van der Waals surface area contributed by atoms with Gasteiger partial charge >= 0.3 is 0 Å². The highest BCUT2D eigenvalue weighted by atomic mass is 32.2. The monoisotopic (exact) mass is 539 g/mol. The zero-order chi connectivity index (χ0) is 27.5. The Balaban J connectivity index is 1.60. The van der Waals surface area contributed by atoms with Crippen molar-refractivity contribution >= 4 is 35.2 Å². The van der Waals surface area contributed by atoms with Crippen LogP contribution in [0.5, 0.6) is 5.75 Å². The van der Waals surface area contributed by atoms with Gasteiger partial charge in [-0.15, -0.1) is 11.8 Å². The molecule has 5 rings (SSSR count). The molecule has 4 heterocycles. The molecule has 0 radical (unpaired) electrons. The number of nitrogens with zero attached hydrogens (tertiary/aromatic N) is 3. The summed E-state index contributed by atoms with van der Waals surface area (Å²) in [6.07, 6.45) is 8.03. The lowest BCUT2D eigenvalue weighted by molar-refractivity contribution is -0.145. The molecule has 4 aliphatic heterocycles. The second-order valence-corrected chi connectivity index (χ2v) is 13.3. The average molecular weight is 540 g/mol. The van der Waals surface area contributed by atoms with Crippen LogP contribution in [0.15, 0.2) is 48.6 Å². The Bertz CT molecular complexity index is 1190. The molecule has 0 saturated carbocycles. The average Bonchev–Trinajstić information content (AvgIpc) is 3.10. The normalized spacial score (nSPS) is 32.7. The molecule has 204 valence electrons. The third kappa shape index (κ3) is 3.97. The van der Waals surface area contributed by atoms with Crippen molar-refractivity contribution in [2.45, 2.75) is 55.7 Å². The Morgan fingerprint density at radius 2 is 1.68 bits per heavy atom. The zero-order valence-electron chi connectivity index (χ0n) is 22.7. The molecule has 1 unspecified atom stereocenters. The molecule has 5 atom stereocenters. The maximum atomic E-state index is 14.4. The number of hydrogen-bond donors (Lipinski definition) is 1. The van der Waals surface area contributed by atoms with Crippen molar-refractivity contribution in [1.29, 1.82) is 0 Å². The molecule has 1 N–H and O–H groups in total. The van der Waals surface area contributed by atoms with E-state index in [9.17, 15) is 19.5 Å². The van der Waals surface area contributed by atoms with Crippen LogP contribution in [0.1, 0.15) is 34.6 Å². The van der Waals surface area contributed by atoms with Crippen LogP contribution in [-0.4, -0.2) is 86.6 Å². The standard InChI is InChI=1S/C29H37N3O5S/c1-6-37-20-11-9-19(10-12-20)30-15-7-13-28(5)21(24(30)34)22-25(35)31(17-18-33)23-26(36)32(27(2,3)4)16-8-14-29(22,23)38-28/h7-14,21-23,33H,6,15-18H2,1-5H3/t21-,22-,23?,28+,29-/m0/s1. The molecule has 9 heteroatoms. The maximum Gasteiger partial charge on any atom is 0.247 e. The Hall–Kier alpha value is -2.78. The summed E-state index contributed by atoms with van der Waals surface area (Å²) < 4.78 is 3.98. The fraction of sp³-hybridized carbons (Fsp3) is 0.552. The number of fused-ring (bicyclic) bond motifs is 2. The molecular weight excluding hydrogens is 502 g/mol. The smallest absolute Gasteiger partial charge is 0.247 e. The number of benzene rings is 1. The Morgan fingerprint density at radius 3 is 2.32 bits per heavy atom. The number of likely N-dealkylation sites (tertiary alicyclic amines) is 1. The number of thioether (sulfide) groups is 1. The molecular formula is C29H37N3O5S. The van der Waals surface area contributed by atoms with E-state index in [-0.39, 0.29) is 30.9 Å². The lowest BCUT2D eigenvalue weighted by Gasteiger charge is -2.40. The van der Waals surface area contributed by atoms with Gasteiger partial charge in [0.1, 0.15) is 11.8 Å². The van der Waals surface area contributed by atoms with Crippen molar-refractivity contribution in [2.75, 3.05) is 37.7 Å². The topological polar surface area (TPSA) is 90.4 Å². The van der Waals surface area contributed by atoms with E-state index in [0.29, 0.717) is 19.7 Å². The lowest BCUT2D eigenvalue weighted by Crippen LogP contribution is -2.57. The van der Waals surface area contributed by atoms with Gasteiger partial charge in [-0.1, -0.05) is 24.3 Å². The number of aliphatic hydroxyl groups is 1. The van der Waals surface area contributed by atoms with Gasteiger partial charge in [-0.05, 0) is 58.9 Å². The molecule has 3 amide bonds. The van der Waals surface area contributed by atoms with Gasteiger partial charge in [-0.25, -0.2) is 0 Å². The summed E-state index contributed by atoms with van der Waals surface area (Å²) in [7, 11) is 0. The molecule has 38 heavy (non-hydrogen) atoms. The van der Waals surface area contributed by atoms with Gasteiger partial charge in [0.05, 0.1) is 29.8 Å². The lowest BCUT2D eigenvalue weighted by atomic mass is 9.74. The van der Waals surface area contributed by atoms with Crippen molar-refractivity contribution in [2.24, 2.45) is 11.8 Å². The maximum absolute atomic E-state index is 14.4. The Labute approximate surface area is 228 Å². The summed E-state index contributed by atoms with van der Waals surface area (Å²) in [6, 6.07) is 6.63. The van der Waals surface area contributed by atoms with Crippen molar-refractivity contribution in [3.8, 4) is 5.75 Å². The van der Waals surface area contributed by atoms with Crippen LogP contribution in [0, 0.1) is 11.8 Å². The number of aliphatic hydroxyl groups excluding tert-OH is 1. The minimum absolute atomic E-state index is 0.0515. The highest BCUT2D eigenvalue weighted by Crippen LogP contribution is 2.65. The predicted molar refractivity (Wildman–Crippen MR) is 148 cm³/mol. The second-order valence-electron chi connectivity index (χ2n) is 11.6. The minimum Gasteiger partial charge on any atom is -0.494 e. The summed E-state index contributed by atoms with van der Waals surface area (Å²) in [4.78, 5) is 47.7. The Morgan fingerprint density at radius 1 is 1.00 bits per heavy atom. The van der Waals surface area contributed by atoms with E-state index in [1.165, 1.54) is 4.90 Å². The van der Waals surface area contributed by atoms with Crippen molar-refractivity contribution in [3.63, 3.8) is 0 Å². The zero-order valence-corrected chi connectivity index (χ0v) is 23.5. The van der Waals surface area contributed by atoms with Crippen LogP contribution in [-0.2, 0) is 14.4 Å². The summed E-state index contributed by atoms with van der Waals surface area (Å²) in [5, 5.41) is 9.87. The number of rotatable bonds is 5. The number of carbonyl (C=O) groups excluding carboxylic acids is 3. The van der Waals surface area contributed by atoms with Gasteiger partial charge in [0.2, 0.25) is 17.7 Å². The molecule has 2 fully saturated rings. The van der Waals surface area contributed by atoms with E-state index < -0.39 is 32.9 Å². The van der Waals surface area contributed by atoms with Gasteiger partial charge in [0.25, 0.3) is 0 Å². The highest BCUT2D eigenvalue weighted by molar-refractivity contribution is 8.02. The van der Waals surface area contributed by atoms with Crippen LogP contribution in [0.3, 0.4) is 0 Å². The van der Waals surface area contributed by atoms with Crippen LogP contribution < -0.4 is 9.64 Å². The van der Waals surface area contributed by atoms with Gasteiger partial charge in [0.15, 0.2) is 0 Å². The van der Waals surface area contributed by atoms with Gasteiger partial charge < -0.3 is 24.5 Å². The third-order valence-electron chi connectivity index (χ3n) is 8.17. The number of anilines is 1. The van der Waals surface area contributed by atoms with E-state index in [1.807, 2.05) is 83.2 Å². The largest absolute Gasteiger partial charge is 0.494 e. The van der Waals surface area contributed by atoms with E-state index in [2.05, 4.69) is 0 Å². The fourth-order valence-electron chi connectivity index (χ4n) is 6.59. The van der Waals surface area contributed by atoms with Crippen molar-refractivity contribution in [1.82, 2.24) is 9.80 Å². The molecule has 1 spiro atoms. The van der Waals surface area contributed by atoms with Crippen LogP contribution in [0.4, 0.5) is 5.69 Å². The summed E-state index contributed by atoms with van der Waals surface area (Å²) in [5.41, 5.74) is 0.287. The SMILES string of the molecule is CCOc1ccc(N2CC=C[C@@]3(C)S[C@]45C=CCN(C(C)(C)C)C(=O)C4N(CCO)C(=O)[C@@H]5[C@H]3C2=O)cc1. The summed E-state index contributed by atoms with van der Waals surface area (Å²) in [5.74, 6) is -1.18. The third-order valence-corrected chi connectivity index (χ3v) is 9.96. The Kier molecular flexibility index (Phi) is 6.67. The van der Waals surface area contributed by atoms with Gasteiger partial charge in [-0.2, -0.15) is 0 Å². The first-order chi connectivity index (χ1) is 18.0. The molecule has 0 bridgehead atoms. The highest BCUT2D eigenvalue weighted by Gasteiger charge is 2.74. The van der Waals surface area contributed by atoms with Crippen LogP contribution in [0.2, 0.25) is 0 Å².